The van der Waals surface area contributed by atoms with E-state index in [1.165, 1.54) is 14.1 Å². The molecule has 1 aliphatic carbocycles. The van der Waals surface area contributed by atoms with Crippen LogP contribution in [-0.4, -0.2) is 14.5 Å². The minimum atomic E-state index is 0.142. The van der Waals surface area contributed by atoms with E-state index in [0.29, 0.717) is 0 Å². The Morgan fingerprint density at radius 2 is 1.80 bits per heavy atom. The van der Waals surface area contributed by atoms with Crippen molar-refractivity contribution in [3.05, 3.63) is 58.8 Å². The zero-order valence-electron chi connectivity index (χ0n) is 7.94. The average Bonchev–Trinajstić information content (AvgIpc) is 2.27. The summed E-state index contributed by atoms with van der Waals surface area (Å²) in [6, 6.07) is 15.9. The van der Waals surface area contributed by atoms with E-state index in [9.17, 15) is 4.79 Å². The number of benzene rings is 2. The maximum absolute atomic E-state index is 11.7. The van der Waals surface area contributed by atoms with E-state index in [0.717, 1.165) is 5.56 Å². The Kier molecular flexibility index (Phi) is 1.98. The fraction of sp³-hybridized carbons (Fsp3) is 0. The van der Waals surface area contributed by atoms with Crippen LogP contribution in [0.4, 0.5) is 0 Å². The van der Waals surface area contributed by atoms with Gasteiger partial charge in [-0.2, -0.15) is 0 Å². The van der Waals surface area contributed by atoms with Crippen molar-refractivity contribution in [3.8, 4) is 10.0 Å². The van der Waals surface area contributed by atoms with Crippen molar-refractivity contribution < 1.29 is 0 Å². The summed E-state index contributed by atoms with van der Waals surface area (Å²) in [6.07, 6.45) is 0. The molecule has 15 heavy (non-hydrogen) atoms. The van der Waals surface area contributed by atoms with Gasteiger partial charge in [0.2, 0.25) is 0 Å². The van der Waals surface area contributed by atoms with Gasteiger partial charge in [-0.3, -0.25) is 0 Å². The molecule has 0 radical (unpaired) electrons. The first kappa shape index (κ1) is 8.90. The second-order valence-electron chi connectivity index (χ2n) is 3.45. The number of fused-ring (bicyclic) bond motifs is 2. The maximum atomic E-state index is 11.7. The molecule has 0 fully saturated rings. The van der Waals surface area contributed by atoms with E-state index >= 15 is 0 Å². The molecule has 1 heterocycles. The van der Waals surface area contributed by atoms with Crippen LogP contribution >= 0.6 is 0 Å². The van der Waals surface area contributed by atoms with Crippen LogP contribution in [0, 0.1) is 0 Å². The van der Waals surface area contributed by atoms with Crippen molar-refractivity contribution in [1.82, 2.24) is 0 Å². The fourth-order valence-electron chi connectivity index (χ4n) is 1.72. The Morgan fingerprint density at radius 3 is 2.73 bits per heavy atom. The van der Waals surface area contributed by atoms with E-state index in [2.05, 4.69) is 24.3 Å². The molecule has 1 aliphatic heterocycles. The Morgan fingerprint density at radius 1 is 0.933 bits per heavy atom. The number of hydrogen-bond acceptors (Lipinski definition) is 1. The fourth-order valence-corrected chi connectivity index (χ4v) is 3.91. The van der Waals surface area contributed by atoms with Crippen molar-refractivity contribution in [1.29, 1.82) is 0 Å². The van der Waals surface area contributed by atoms with Crippen LogP contribution in [0.3, 0.4) is 0 Å². The van der Waals surface area contributed by atoms with Crippen molar-refractivity contribution >= 4 is 24.1 Å². The molecule has 1 aromatic rings. The first-order valence-corrected chi connectivity index (χ1v) is 6.47. The van der Waals surface area contributed by atoms with Gasteiger partial charge >= 0.3 is 92.9 Å². The minimum absolute atomic E-state index is 0.142. The van der Waals surface area contributed by atoms with Crippen LogP contribution in [0.5, 0.6) is 0 Å². The normalized spacial score (nSPS) is 10.9. The van der Waals surface area contributed by atoms with Gasteiger partial charge in [0.25, 0.3) is 0 Å². The van der Waals surface area contributed by atoms with Gasteiger partial charge in [-0.25, -0.2) is 0 Å². The van der Waals surface area contributed by atoms with Crippen LogP contribution < -0.4 is 5.43 Å². The quantitative estimate of drug-likeness (QED) is 0.447. The van der Waals surface area contributed by atoms with Gasteiger partial charge in [0.15, 0.2) is 0 Å². The van der Waals surface area contributed by atoms with Gasteiger partial charge in [0.05, 0.1) is 0 Å². The van der Waals surface area contributed by atoms with Crippen LogP contribution in [0.2, 0.25) is 0 Å². The average molecular weight is 259 g/mol. The molecule has 0 unspecified atom stereocenters. The third kappa shape index (κ3) is 1.43. The molecule has 0 amide bonds. The summed E-state index contributed by atoms with van der Waals surface area (Å²) < 4.78 is 2.57. The van der Waals surface area contributed by atoms with Gasteiger partial charge in [-0.1, -0.05) is 0 Å². The Labute approximate surface area is 93.1 Å². The molecule has 0 aromatic heterocycles. The third-order valence-electron chi connectivity index (χ3n) is 2.46. The first-order chi connectivity index (χ1) is 7.34. The van der Waals surface area contributed by atoms with Crippen molar-refractivity contribution in [2.75, 3.05) is 0 Å². The summed E-state index contributed by atoms with van der Waals surface area (Å²) in [4.78, 5) is 11.7. The molecule has 72 valence electrons. The number of hydrogen-bond donors (Lipinski definition) is 0. The monoisotopic (exact) mass is 260 g/mol. The van der Waals surface area contributed by atoms with Gasteiger partial charge in [-0.15, -0.1) is 0 Å². The standard InChI is InChI=1S/C13H8OSe/c14-11-5-3-7-13-10(11)8-9-4-1-2-6-12(9)15-13/h1-8H. The van der Waals surface area contributed by atoms with Crippen LogP contribution in [-0.2, 0) is 0 Å². The molecule has 0 spiro atoms. The predicted octanol–water partition coefficient (Wildman–Crippen LogP) is 2.36. The number of rotatable bonds is 0. The van der Waals surface area contributed by atoms with E-state index in [-0.39, 0.29) is 19.9 Å². The van der Waals surface area contributed by atoms with E-state index in [4.69, 9.17) is 0 Å². The van der Waals surface area contributed by atoms with Gasteiger partial charge in [0.1, 0.15) is 0 Å². The van der Waals surface area contributed by atoms with Gasteiger partial charge in [-0.05, 0) is 0 Å². The predicted molar refractivity (Wildman–Crippen MR) is 63.8 cm³/mol. The Balaban J connectivity index is 2.54. The molecule has 0 saturated carbocycles. The molecular formula is C13H8OSe. The van der Waals surface area contributed by atoms with Gasteiger partial charge in [0, 0.05) is 0 Å². The Hall–Kier alpha value is -1.37. The first-order valence-electron chi connectivity index (χ1n) is 4.76. The summed E-state index contributed by atoms with van der Waals surface area (Å²) in [5, 5.41) is 1.20. The van der Waals surface area contributed by atoms with Gasteiger partial charge < -0.3 is 0 Å². The zero-order valence-corrected chi connectivity index (χ0v) is 9.65. The molecular weight excluding hydrogens is 251 g/mol. The SMILES string of the molecule is O=c1cccc2[se]c3ccccc3cc1-2. The summed E-state index contributed by atoms with van der Waals surface area (Å²) in [5.74, 6) is 0. The molecule has 0 atom stereocenters. The van der Waals surface area contributed by atoms with Crippen molar-refractivity contribution in [2.45, 2.75) is 0 Å². The second-order valence-corrected chi connectivity index (χ2v) is 5.73. The van der Waals surface area contributed by atoms with E-state index in [1.54, 1.807) is 6.07 Å². The molecule has 2 heteroatoms. The van der Waals surface area contributed by atoms with E-state index in [1.807, 2.05) is 18.2 Å². The molecule has 0 bridgehead atoms. The third-order valence-corrected chi connectivity index (χ3v) is 4.91. The molecule has 1 aromatic carbocycles. The molecule has 0 N–H and O–H groups in total. The second kappa shape index (κ2) is 3.34. The Bertz CT molecular complexity index is 654. The van der Waals surface area contributed by atoms with Crippen molar-refractivity contribution in [3.63, 3.8) is 0 Å². The summed E-state index contributed by atoms with van der Waals surface area (Å²) in [5.41, 5.74) is 1.03. The van der Waals surface area contributed by atoms with Crippen LogP contribution in [0.1, 0.15) is 0 Å². The molecule has 0 saturated heterocycles. The van der Waals surface area contributed by atoms with Crippen LogP contribution in [0.25, 0.3) is 19.6 Å². The topological polar surface area (TPSA) is 17.1 Å². The van der Waals surface area contributed by atoms with Crippen LogP contribution in [0.15, 0.2) is 53.3 Å². The molecule has 2 aliphatic rings. The summed E-state index contributed by atoms with van der Waals surface area (Å²) >= 11 is 0.279. The molecule has 3 rings (SSSR count). The molecule has 1 nitrogen and oxygen atoms in total. The summed E-state index contributed by atoms with van der Waals surface area (Å²) in [6.45, 7) is 0. The van der Waals surface area contributed by atoms with Crippen molar-refractivity contribution in [2.24, 2.45) is 0 Å². The zero-order chi connectivity index (χ0) is 10.3. The summed E-state index contributed by atoms with van der Waals surface area (Å²) in [7, 11) is 0. The van der Waals surface area contributed by atoms with E-state index < -0.39 is 0 Å².